The summed E-state index contributed by atoms with van der Waals surface area (Å²) in [5.74, 6) is 0.800. The lowest BCUT2D eigenvalue weighted by atomic mass is 10.1. The molecule has 2 aromatic rings. The molecule has 1 aromatic heterocycles. The minimum atomic E-state index is -0.215. The highest BCUT2D eigenvalue weighted by atomic mass is 16.5. The van der Waals surface area contributed by atoms with E-state index in [-0.39, 0.29) is 18.2 Å². The van der Waals surface area contributed by atoms with E-state index in [1.165, 1.54) is 0 Å². The predicted octanol–water partition coefficient (Wildman–Crippen LogP) is 3.62. The number of anilines is 2. The van der Waals surface area contributed by atoms with E-state index in [2.05, 4.69) is 29.4 Å². The van der Waals surface area contributed by atoms with Crippen molar-refractivity contribution >= 4 is 17.4 Å². The van der Waals surface area contributed by atoms with Gasteiger partial charge in [-0.15, -0.1) is 0 Å². The fourth-order valence-electron chi connectivity index (χ4n) is 3.34. The van der Waals surface area contributed by atoms with Crippen LogP contribution >= 0.6 is 0 Å². The quantitative estimate of drug-likeness (QED) is 0.677. The molecule has 2 atom stereocenters. The normalized spacial score (nSPS) is 19.4. The van der Waals surface area contributed by atoms with E-state index in [1.807, 2.05) is 36.4 Å². The molecule has 0 aliphatic carbocycles. The van der Waals surface area contributed by atoms with Gasteiger partial charge in [0.15, 0.2) is 0 Å². The number of nitrogens with one attached hydrogen (secondary N) is 2. The van der Waals surface area contributed by atoms with E-state index in [0.717, 1.165) is 36.6 Å². The Morgan fingerprint density at radius 1 is 1.18 bits per heavy atom. The number of rotatable bonds is 8. The Morgan fingerprint density at radius 2 is 1.96 bits per heavy atom. The summed E-state index contributed by atoms with van der Waals surface area (Å²) in [4.78, 5) is 14.5. The molecule has 2 amide bonds. The van der Waals surface area contributed by atoms with Gasteiger partial charge in [-0.2, -0.15) is 0 Å². The molecule has 28 heavy (non-hydrogen) atoms. The summed E-state index contributed by atoms with van der Waals surface area (Å²) in [6.45, 7) is 7.29. The molecule has 0 saturated carbocycles. The number of carbonyl (C=O) groups excluding carboxylic acids is 1. The lowest BCUT2D eigenvalue weighted by molar-refractivity contribution is -0.00517. The predicted molar refractivity (Wildman–Crippen MR) is 109 cm³/mol. The number of hydrogen-bond acceptors (Lipinski definition) is 5. The Balaban J connectivity index is 1.42. The van der Waals surface area contributed by atoms with Gasteiger partial charge in [0.2, 0.25) is 0 Å². The lowest BCUT2D eigenvalue weighted by Crippen LogP contribution is -2.45. The van der Waals surface area contributed by atoms with Crippen LogP contribution in [-0.2, 0) is 16.1 Å². The van der Waals surface area contributed by atoms with Gasteiger partial charge in [-0.05, 0) is 44.5 Å². The van der Waals surface area contributed by atoms with Crippen LogP contribution in [-0.4, -0.2) is 44.5 Å². The maximum atomic E-state index is 12.3. The molecule has 1 saturated heterocycles. The summed E-state index contributed by atoms with van der Waals surface area (Å²) in [6, 6.07) is 11.4. The maximum absolute atomic E-state index is 12.3. The average Bonchev–Trinajstić information content (AvgIpc) is 3.17. The number of nitrogens with zero attached hydrogens (tertiary/aromatic N) is 1. The second-order valence-electron chi connectivity index (χ2n) is 7.05. The van der Waals surface area contributed by atoms with E-state index in [4.69, 9.17) is 13.9 Å². The average molecular weight is 387 g/mol. The van der Waals surface area contributed by atoms with E-state index in [1.54, 1.807) is 6.26 Å². The van der Waals surface area contributed by atoms with Crippen molar-refractivity contribution in [3.63, 3.8) is 0 Å². The highest BCUT2D eigenvalue weighted by Crippen LogP contribution is 2.28. The maximum Gasteiger partial charge on any atom is 0.319 e. The number of para-hydroxylation sites is 2. The van der Waals surface area contributed by atoms with E-state index >= 15 is 0 Å². The summed E-state index contributed by atoms with van der Waals surface area (Å²) in [7, 11) is 0. The van der Waals surface area contributed by atoms with Crippen LogP contribution in [0, 0.1) is 0 Å². The highest BCUT2D eigenvalue weighted by molar-refractivity contribution is 5.93. The first kappa shape index (κ1) is 20.2. The van der Waals surface area contributed by atoms with Crippen LogP contribution in [0.4, 0.5) is 16.2 Å². The standard InChI is InChI=1S/C21H29N3O4/c1-16-13-24(14-17(2)28-16)20-9-4-3-8-19(20)23-21(25)22-10-6-11-26-15-18-7-5-12-27-18/h3-5,7-9,12,16-17H,6,10-11,13-15H2,1-2H3,(H2,22,23,25). The van der Waals surface area contributed by atoms with Crippen LogP contribution in [0.25, 0.3) is 0 Å². The molecular formula is C21H29N3O4. The van der Waals surface area contributed by atoms with E-state index in [0.29, 0.717) is 19.8 Å². The molecule has 152 valence electrons. The molecule has 1 aromatic carbocycles. The van der Waals surface area contributed by atoms with Gasteiger partial charge >= 0.3 is 6.03 Å². The van der Waals surface area contributed by atoms with E-state index < -0.39 is 0 Å². The SMILES string of the molecule is CC1CN(c2ccccc2NC(=O)NCCCOCc2ccco2)CC(C)O1. The van der Waals surface area contributed by atoms with Crippen molar-refractivity contribution in [2.75, 3.05) is 36.5 Å². The molecule has 7 heteroatoms. The van der Waals surface area contributed by atoms with Crippen LogP contribution in [0.5, 0.6) is 0 Å². The molecule has 3 rings (SSSR count). The topological polar surface area (TPSA) is 76.0 Å². The zero-order valence-electron chi connectivity index (χ0n) is 16.5. The molecule has 7 nitrogen and oxygen atoms in total. The smallest absolute Gasteiger partial charge is 0.319 e. The zero-order valence-corrected chi connectivity index (χ0v) is 16.5. The zero-order chi connectivity index (χ0) is 19.8. The molecule has 2 heterocycles. The summed E-state index contributed by atoms with van der Waals surface area (Å²) in [5.41, 5.74) is 1.82. The van der Waals surface area contributed by atoms with Crippen molar-refractivity contribution in [1.82, 2.24) is 5.32 Å². The molecule has 0 radical (unpaired) electrons. The summed E-state index contributed by atoms with van der Waals surface area (Å²) in [5, 5.41) is 5.84. The van der Waals surface area contributed by atoms with Gasteiger partial charge in [0.1, 0.15) is 12.4 Å². The molecular weight excluding hydrogens is 358 g/mol. The number of benzene rings is 1. The van der Waals surface area contributed by atoms with Crippen LogP contribution < -0.4 is 15.5 Å². The van der Waals surface area contributed by atoms with Crippen molar-refractivity contribution in [1.29, 1.82) is 0 Å². The number of carbonyl (C=O) groups is 1. The first-order valence-corrected chi connectivity index (χ1v) is 9.76. The van der Waals surface area contributed by atoms with Gasteiger partial charge in [-0.3, -0.25) is 0 Å². The van der Waals surface area contributed by atoms with Crippen LogP contribution in [0.15, 0.2) is 47.1 Å². The largest absolute Gasteiger partial charge is 0.467 e. The van der Waals surface area contributed by atoms with Crippen LogP contribution in [0.2, 0.25) is 0 Å². The third-order valence-corrected chi connectivity index (χ3v) is 4.49. The minimum Gasteiger partial charge on any atom is -0.467 e. The second kappa shape index (κ2) is 10.1. The third kappa shape index (κ3) is 6.00. The van der Waals surface area contributed by atoms with Gasteiger partial charge in [-0.1, -0.05) is 12.1 Å². The fraction of sp³-hybridized carbons (Fsp3) is 0.476. The lowest BCUT2D eigenvalue weighted by Gasteiger charge is -2.37. The van der Waals surface area contributed by atoms with Gasteiger partial charge in [-0.25, -0.2) is 4.79 Å². The Bertz CT molecular complexity index is 725. The van der Waals surface area contributed by atoms with Crippen molar-refractivity contribution in [3.05, 3.63) is 48.4 Å². The summed E-state index contributed by atoms with van der Waals surface area (Å²) >= 11 is 0. The number of ether oxygens (including phenoxy) is 2. The Kier molecular flexibility index (Phi) is 7.33. The number of morpholine rings is 1. The Morgan fingerprint density at radius 3 is 2.71 bits per heavy atom. The minimum absolute atomic E-state index is 0.159. The number of urea groups is 1. The van der Waals surface area contributed by atoms with Crippen molar-refractivity contribution in [2.24, 2.45) is 0 Å². The monoisotopic (exact) mass is 387 g/mol. The molecule has 0 spiro atoms. The number of amides is 2. The first-order chi connectivity index (χ1) is 13.6. The Labute approximate surface area is 166 Å². The fourth-order valence-corrected chi connectivity index (χ4v) is 3.34. The van der Waals surface area contributed by atoms with Crippen molar-refractivity contribution in [3.8, 4) is 0 Å². The van der Waals surface area contributed by atoms with Crippen LogP contribution in [0.1, 0.15) is 26.0 Å². The molecule has 2 unspecified atom stereocenters. The molecule has 0 bridgehead atoms. The van der Waals surface area contributed by atoms with Crippen LogP contribution in [0.3, 0.4) is 0 Å². The van der Waals surface area contributed by atoms with Gasteiger partial charge < -0.3 is 29.4 Å². The molecule has 1 aliphatic rings. The van der Waals surface area contributed by atoms with Gasteiger partial charge in [0, 0.05) is 26.2 Å². The number of hydrogen-bond donors (Lipinski definition) is 2. The molecule has 1 fully saturated rings. The van der Waals surface area contributed by atoms with Gasteiger partial charge in [0.05, 0.1) is 29.8 Å². The third-order valence-electron chi connectivity index (χ3n) is 4.49. The van der Waals surface area contributed by atoms with Gasteiger partial charge in [0.25, 0.3) is 0 Å². The van der Waals surface area contributed by atoms with Crippen molar-refractivity contribution in [2.45, 2.75) is 39.1 Å². The van der Waals surface area contributed by atoms with E-state index in [9.17, 15) is 4.79 Å². The summed E-state index contributed by atoms with van der Waals surface area (Å²) < 4.78 is 16.5. The molecule has 1 aliphatic heterocycles. The Hall–Kier alpha value is -2.51. The summed E-state index contributed by atoms with van der Waals surface area (Å²) in [6.07, 6.45) is 2.67. The highest BCUT2D eigenvalue weighted by Gasteiger charge is 2.24. The first-order valence-electron chi connectivity index (χ1n) is 9.76. The van der Waals surface area contributed by atoms with Crippen molar-refractivity contribution < 1.29 is 18.7 Å². The molecule has 2 N–H and O–H groups in total. The second-order valence-corrected chi connectivity index (χ2v) is 7.05. The number of furan rings is 1.